The molecule has 2 heterocycles. The van der Waals surface area contributed by atoms with Gasteiger partial charge >= 0.3 is 0 Å². The molecule has 0 fully saturated rings. The number of aromatic nitrogens is 3. The van der Waals surface area contributed by atoms with Gasteiger partial charge in [0.25, 0.3) is 0 Å². The van der Waals surface area contributed by atoms with Crippen LogP contribution in [-0.4, -0.2) is 15.0 Å². The maximum atomic E-state index is 4.69. The Balaban J connectivity index is 1.47. The van der Waals surface area contributed by atoms with Crippen LogP contribution in [0.1, 0.15) is 96.1 Å². The van der Waals surface area contributed by atoms with Crippen molar-refractivity contribution in [3.8, 4) is 22.6 Å². The Hall–Kier alpha value is -2.55. The number of nitrogens with zero attached hydrogens (tertiary/aromatic N) is 3. The Morgan fingerprint density at radius 2 is 1.21 bits per heavy atom. The van der Waals surface area contributed by atoms with Gasteiger partial charge in [-0.3, -0.25) is 4.98 Å². The summed E-state index contributed by atoms with van der Waals surface area (Å²) in [5.41, 5.74) is 5.76. The minimum Gasteiger partial charge on any atom is -0.255 e. The fourth-order valence-electron chi connectivity index (χ4n) is 4.34. The summed E-state index contributed by atoms with van der Waals surface area (Å²) in [4.78, 5) is 13.9. The normalized spacial score (nSPS) is 11.3. The summed E-state index contributed by atoms with van der Waals surface area (Å²) in [6, 6.07) is 13.0. The maximum absolute atomic E-state index is 4.69. The highest BCUT2D eigenvalue weighted by atomic mass is 14.9. The van der Waals surface area contributed by atoms with Crippen molar-refractivity contribution in [3.05, 3.63) is 66.1 Å². The summed E-state index contributed by atoms with van der Waals surface area (Å²) < 4.78 is 0. The lowest BCUT2D eigenvalue weighted by molar-refractivity contribution is 0.527. The van der Waals surface area contributed by atoms with Gasteiger partial charge in [0.2, 0.25) is 0 Å². The van der Waals surface area contributed by atoms with E-state index in [-0.39, 0.29) is 0 Å². The van der Waals surface area contributed by atoms with E-state index in [0.29, 0.717) is 0 Å². The van der Waals surface area contributed by atoms with Gasteiger partial charge in [-0.25, -0.2) is 9.97 Å². The predicted molar refractivity (Wildman–Crippen MR) is 145 cm³/mol. The maximum Gasteiger partial charge on any atom is 0.160 e. The molecule has 182 valence electrons. The van der Waals surface area contributed by atoms with Gasteiger partial charge in [-0.2, -0.15) is 0 Å². The zero-order valence-electron chi connectivity index (χ0n) is 21.6. The van der Waals surface area contributed by atoms with Gasteiger partial charge in [0.05, 0.1) is 5.69 Å². The first-order chi connectivity index (χ1) is 16.7. The van der Waals surface area contributed by atoms with Gasteiger partial charge < -0.3 is 0 Å². The lowest BCUT2D eigenvalue weighted by Crippen LogP contribution is -1.94. The molecule has 0 bridgehead atoms. The van der Waals surface area contributed by atoms with E-state index in [1.54, 1.807) is 0 Å². The smallest absolute Gasteiger partial charge is 0.160 e. The topological polar surface area (TPSA) is 38.7 Å². The lowest BCUT2D eigenvalue weighted by atomic mass is 10.0. The van der Waals surface area contributed by atoms with Gasteiger partial charge in [0.15, 0.2) is 5.82 Å². The van der Waals surface area contributed by atoms with Gasteiger partial charge in [-0.1, -0.05) is 96.4 Å². The lowest BCUT2D eigenvalue weighted by Gasteiger charge is -2.07. The molecule has 0 N–H and O–H groups in total. The largest absolute Gasteiger partial charge is 0.255 e. The first-order valence-electron chi connectivity index (χ1n) is 13.5. The van der Waals surface area contributed by atoms with E-state index in [1.165, 1.54) is 75.3 Å². The van der Waals surface area contributed by atoms with Crippen molar-refractivity contribution in [3.63, 3.8) is 0 Å². The second-order valence-electron chi connectivity index (χ2n) is 10.1. The van der Waals surface area contributed by atoms with Crippen LogP contribution in [0.4, 0.5) is 0 Å². The van der Waals surface area contributed by atoms with Gasteiger partial charge in [-0.05, 0) is 54.9 Å². The molecule has 0 amide bonds. The third-order valence-electron chi connectivity index (χ3n) is 6.54. The standard InChI is InChI=1S/C31H43N3/c1-4-5-6-7-8-11-15-27-22-33-31(34-23-27)29-20-21-30(32-24-29)28-18-16-26(17-19-28)14-12-9-10-13-25(2)3/h16-25H,4-15H2,1-3H3. The van der Waals surface area contributed by atoms with Crippen molar-refractivity contribution in [2.24, 2.45) is 5.92 Å². The van der Waals surface area contributed by atoms with Crippen LogP contribution >= 0.6 is 0 Å². The molecule has 0 aliphatic carbocycles. The molecule has 3 nitrogen and oxygen atoms in total. The van der Waals surface area contributed by atoms with Crippen LogP contribution in [-0.2, 0) is 12.8 Å². The molecule has 3 heteroatoms. The molecule has 3 aromatic rings. The highest BCUT2D eigenvalue weighted by Crippen LogP contribution is 2.22. The molecule has 3 rings (SSSR count). The third-order valence-corrected chi connectivity index (χ3v) is 6.54. The van der Waals surface area contributed by atoms with Crippen molar-refractivity contribution in [2.45, 2.75) is 97.8 Å². The first kappa shape index (κ1) is 26.1. The fraction of sp³-hybridized carbons (Fsp3) is 0.516. The number of hydrogen-bond donors (Lipinski definition) is 0. The summed E-state index contributed by atoms with van der Waals surface area (Å²) in [7, 11) is 0. The minimum absolute atomic E-state index is 0.749. The van der Waals surface area contributed by atoms with Crippen LogP contribution in [0.15, 0.2) is 55.0 Å². The molecule has 0 aliphatic rings. The van der Waals surface area contributed by atoms with Crippen molar-refractivity contribution >= 4 is 0 Å². The molecule has 0 saturated carbocycles. The molecule has 0 unspecified atom stereocenters. The zero-order chi connectivity index (χ0) is 24.0. The molecule has 0 saturated heterocycles. The number of unbranched alkanes of at least 4 members (excludes halogenated alkanes) is 7. The highest BCUT2D eigenvalue weighted by Gasteiger charge is 2.05. The highest BCUT2D eigenvalue weighted by molar-refractivity contribution is 5.63. The van der Waals surface area contributed by atoms with Crippen molar-refractivity contribution in [1.82, 2.24) is 15.0 Å². The first-order valence-corrected chi connectivity index (χ1v) is 13.5. The summed E-state index contributed by atoms with van der Waals surface area (Å²) in [6.07, 6.45) is 21.2. The van der Waals surface area contributed by atoms with Crippen LogP contribution in [0.2, 0.25) is 0 Å². The van der Waals surface area contributed by atoms with Crippen LogP contribution in [0.3, 0.4) is 0 Å². The predicted octanol–water partition coefficient (Wildman–Crippen LogP) is 8.87. The monoisotopic (exact) mass is 457 g/mol. The Labute approximate surface area is 207 Å². The molecule has 1 aromatic carbocycles. The average molecular weight is 458 g/mol. The van der Waals surface area contributed by atoms with E-state index in [0.717, 1.165) is 41.4 Å². The molecule has 34 heavy (non-hydrogen) atoms. The van der Waals surface area contributed by atoms with Gasteiger partial charge in [-0.15, -0.1) is 0 Å². The Bertz CT molecular complexity index is 928. The van der Waals surface area contributed by atoms with Crippen LogP contribution in [0.25, 0.3) is 22.6 Å². The van der Waals surface area contributed by atoms with E-state index < -0.39 is 0 Å². The number of benzene rings is 1. The van der Waals surface area contributed by atoms with Gasteiger partial charge in [0, 0.05) is 29.7 Å². The van der Waals surface area contributed by atoms with Crippen LogP contribution in [0.5, 0.6) is 0 Å². The Morgan fingerprint density at radius 3 is 1.85 bits per heavy atom. The second kappa shape index (κ2) is 14.7. The quantitative estimate of drug-likeness (QED) is 0.214. The summed E-state index contributed by atoms with van der Waals surface area (Å²) in [5, 5.41) is 0. The molecular formula is C31H43N3. The molecule has 0 radical (unpaired) electrons. The molecular weight excluding hydrogens is 414 g/mol. The number of aryl methyl sites for hydroxylation is 2. The van der Waals surface area contributed by atoms with E-state index in [2.05, 4.69) is 72.1 Å². The van der Waals surface area contributed by atoms with Crippen molar-refractivity contribution < 1.29 is 0 Å². The average Bonchev–Trinajstić information content (AvgIpc) is 2.87. The number of hydrogen-bond acceptors (Lipinski definition) is 3. The summed E-state index contributed by atoms with van der Waals surface area (Å²) in [5.74, 6) is 1.57. The van der Waals surface area contributed by atoms with Gasteiger partial charge in [0.1, 0.15) is 0 Å². The van der Waals surface area contributed by atoms with E-state index in [4.69, 9.17) is 0 Å². The Morgan fingerprint density at radius 1 is 0.588 bits per heavy atom. The fourth-order valence-corrected chi connectivity index (χ4v) is 4.34. The number of pyridine rings is 1. The zero-order valence-corrected chi connectivity index (χ0v) is 21.6. The third kappa shape index (κ3) is 9.00. The van der Waals surface area contributed by atoms with E-state index in [9.17, 15) is 0 Å². The molecule has 0 spiro atoms. The van der Waals surface area contributed by atoms with Crippen molar-refractivity contribution in [2.75, 3.05) is 0 Å². The molecule has 2 aromatic heterocycles. The molecule has 0 aliphatic heterocycles. The Kier molecular flexibility index (Phi) is 11.2. The van der Waals surface area contributed by atoms with Crippen LogP contribution in [0, 0.1) is 5.92 Å². The second-order valence-corrected chi connectivity index (χ2v) is 10.1. The minimum atomic E-state index is 0.749. The summed E-state index contributed by atoms with van der Waals surface area (Å²) in [6.45, 7) is 6.87. The van der Waals surface area contributed by atoms with Crippen molar-refractivity contribution in [1.29, 1.82) is 0 Å². The van der Waals surface area contributed by atoms with E-state index in [1.807, 2.05) is 18.6 Å². The van der Waals surface area contributed by atoms with Crippen LogP contribution < -0.4 is 0 Å². The number of rotatable bonds is 15. The molecule has 0 atom stereocenters. The van der Waals surface area contributed by atoms with E-state index >= 15 is 0 Å². The SMILES string of the molecule is CCCCCCCCc1cnc(-c2ccc(-c3ccc(CCCCCC(C)C)cc3)nc2)nc1. The summed E-state index contributed by atoms with van der Waals surface area (Å²) >= 11 is 0.